The van der Waals surface area contributed by atoms with Crippen LogP contribution < -0.4 is 0 Å². The summed E-state index contributed by atoms with van der Waals surface area (Å²) in [4.78, 5) is 0.143. The molecule has 2 rings (SSSR count). The van der Waals surface area contributed by atoms with E-state index in [9.17, 15) is 0 Å². The van der Waals surface area contributed by atoms with Gasteiger partial charge in [-0.25, -0.2) is 0 Å². The highest BCUT2D eigenvalue weighted by Gasteiger charge is 2.16. The second-order valence-corrected chi connectivity index (χ2v) is 5.99. The fourth-order valence-corrected chi connectivity index (χ4v) is 3.31. The molecule has 0 fully saturated rings. The van der Waals surface area contributed by atoms with E-state index in [2.05, 4.69) is 60.1 Å². The van der Waals surface area contributed by atoms with Gasteiger partial charge >= 0.3 is 0 Å². The molecule has 0 heterocycles. The fraction of sp³-hybridized carbons (Fsp3) is 0.250. The Hall–Kier alpha value is -0.790. The van der Waals surface area contributed by atoms with Crippen LogP contribution >= 0.6 is 27.5 Å². The third-order valence-electron chi connectivity index (χ3n) is 3.20. The maximum atomic E-state index is 6.40. The average molecular weight is 324 g/mol. The fourth-order valence-electron chi connectivity index (χ4n) is 2.07. The van der Waals surface area contributed by atoms with Crippen molar-refractivity contribution in [2.45, 2.75) is 25.6 Å². The Kier molecular flexibility index (Phi) is 4.14. The lowest BCUT2D eigenvalue weighted by Gasteiger charge is -2.16. The topological polar surface area (TPSA) is 0 Å². The van der Waals surface area contributed by atoms with Crippen LogP contribution in [0.2, 0.25) is 5.02 Å². The number of benzene rings is 2. The highest BCUT2D eigenvalue weighted by atomic mass is 79.9. The summed E-state index contributed by atoms with van der Waals surface area (Å²) in [5.74, 6) is 0. The summed E-state index contributed by atoms with van der Waals surface area (Å²) in [6.07, 6.45) is 0. The van der Waals surface area contributed by atoms with Gasteiger partial charge in [0.15, 0.2) is 0 Å². The Labute approximate surface area is 122 Å². The minimum absolute atomic E-state index is 0.143. The first-order chi connectivity index (χ1) is 8.50. The molecule has 2 aromatic rings. The number of aryl methyl sites for hydroxylation is 3. The molecule has 1 atom stereocenters. The van der Waals surface area contributed by atoms with Gasteiger partial charge in [0.2, 0.25) is 0 Å². The van der Waals surface area contributed by atoms with Crippen LogP contribution in [0.1, 0.15) is 32.6 Å². The van der Waals surface area contributed by atoms with Crippen LogP contribution in [-0.4, -0.2) is 0 Å². The van der Waals surface area contributed by atoms with Crippen molar-refractivity contribution >= 4 is 27.5 Å². The van der Waals surface area contributed by atoms with Crippen molar-refractivity contribution in [1.82, 2.24) is 0 Å². The van der Waals surface area contributed by atoms with Crippen molar-refractivity contribution in [3.8, 4) is 0 Å². The van der Waals surface area contributed by atoms with Crippen molar-refractivity contribution in [3.63, 3.8) is 0 Å². The Bertz CT molecular complexity index is 573. The molecule has 0 bridgehead atoms. The van der Waals surface area contributed by atoms with Crippen LogP contribution in [0.4, 0.5) is 0 Å². The Morgan fingerprint density at radius 2 is 1.67 bits per heavy atom. The van der Waals surface area contributed by atoms with Crippen molar-refractivity contribution < 1.29 is 0 Å². The molecule has 1 unspecified atom stereocenters. The summed E-state index contributed by atoms with van der Waals surface area (Å²) in [7, 11) is 0. The van der Waals surface area contributed by atoms with E-state index in [-0.39, 0.29) is 4.83 Å². The molecule has 0 spiro atoms. The summed E-state index contributed by atoms with van der Waals surface area (Å²) in [6.45, 7) is 6.28. The summed E-state index contributed by atoms with van der Waals surface area (Å²) in [6, 6.07) is 12.7. The summed E-state index contributed by atoms with van der Waals surface area (Å²) >= 11 is 10.2. The van der Waals surface area contributed by atoms with E-state index in [0.29, 0.717) is 0 Å². The van der Waals surface area contributed by atoms with Crippen LogP contribution in [0, 0.1) is 20.8 Å². The lowest BCUT2D eigenvalue weighted by Crippen LogP contribution is -1.98. The van der Waals surface area contributed by atoms with Gasteiger partial charge in [0.05, 0.1) is 4.83 Å². The predicted octanol–water partition coefficient (Wildman–Crippen LogP) is 5.75. The van der Waals surface area contributed by atoms with Gasteiger partial charge in [-0.05, 0) is 43.0 Å². The monoisotopic (exact) mass is 322 g/mol. The quantitative estimate of drug-likeness (QED) is 0.617. The van der Waals surface area contributed by atoms with E-state index in [1.54, 1.807) is 0 Å². The van der Waals surface area contributed by atoms with E-state index in [4.69, 9.17) is 11.6 Å². The van der Waals surface area contributed by atoms with E-state index in [1.807, 2.05) is 13.0 Å². The van der Waals surface area contributed by atoms with Crippen LogP contribution in [0.3, 0.4) is 0 Å². The van der Waals surface area contributed by atoms with Gasteiger partial charge in [-0.15, -0.1) is 0 Å². The maximum absolute atomic E-state index is 6.40. The first kappa shape index (κ1) is 13.6. The second-order valence-electron chi connectivity index (χ2n) is 4.70. The summed E-state index contributed by atoms with van der Waals surface area (Å²) in [5, 5.41) is 0.847. The zero-order valence-corrected chi connectivity index (χ0v) is 13.1. The molecule has 0 aromatic heterocycles. The Morgan fingerprint density at radius 3 is 2.39 bits per heavy atom. The molecule has 18 heavy (non-hydrogen) atoms. The van der Waals surface area contributed by atoms with Gasteiger partial charge in [0.1, 0.15) is 0 Å². The van der Waals surface area contributed by atoms with Crippen LogP contribution in [0.25, 0.3) is 0 Å². The molecule has 0 saturated carbocycles. The number of alkyl halides is 1. The van der Waals surface area contributed by atoms with Gasteiger partial charge in [0, 0.05) is 5.02 Å². The molecular weight excluding hydrogens is 308 g/mol. The van der Waals surface area contributed by atoms with Crippen molar-refractivity contribution in [1.29, 1.82) is 0 Å². The molecule has 0 N–H and O–H groups in total. The van der Waals surface area contributed by atoms with Crippen molar-refractivity contribution in [2.24, 2.45) is 0 Å². The average Bonchev–Trinajstić information content (AvgIpc) is 2.35. The molecular formula is C16H16BrCl. The van der Waals surface area contributed by atoms with Crippen LogP contribution in [0.5, 0.6) is 0 Å². The molecule has 0 radical (unpaired) electrons. The number of hydrogen-bond donors (Lipinski definition) is 0. The molecule has 2 heteroatoms. The number of hydrogen-bond acceptors (Lipinski definition) is 0. The van der Waals surface area contributed by atoms with Gasteiger partial charge in [0.25, 0.3) is 0 Å². The minimum atomic E-state index is 0.143. The predicted molar refractivity (Wildman–Crippen MR) is 82.9 cm³/mol. The molecule has 2 aromatic carbocycles. The van der Waals surface area contributed by atoms with Crippen LogP contribution in [0.15, 0.2) is 36.4 Å². The van der Waals surface area contributed by atoms with Crippen molar-refractivity contribution in [2.75, 3.05) is 0 Å². The van der Waals surface area contributed by atoms with E-state index in [0.717, 1.165) is 16.1 Å². The zero-order valence-electron chi connectivity index (χ0n) is 10.8. The molecule has 0 saturated heterocycles. The van der Waals surface area contributed by atoms with Gasteiger partial charge < -0.3 is 0 Å². The highest BCUT2D eigenvalue weighted by molar-refractivity contribution is 9.09. The van der Waals surface area contributed by atoms with Crippen LogP contribution in [-0.2, 0) is 0 Å². The number of halogens is 2. The van der Waals surface area contributed by atoms with E-state index >= 15 is 0 Å². The summed E-state index contributed by atoms with van der Waals surface area (Å²) < 4.78 is 0. The molecule has 0 aliphatic heterocycles. The molecule has 0 aliphatic rings. The minimum Gasteiger partial charge on any atom is -0.0837 e. The normalized spacial score (nSPS) is 12.5. The smallest absolute Gasteiger partial charge is 0.0661 e. The van der Waals surface area contributed by atoms with Gasteiger partial charge in [-0.1, -0.05) is 69.5 Å². The van der Waals surface area contributed by atoms with E-state index in [1.165, 1.54) is 16.7 Å². The lowest BCUT2D eigenvalue weighted by atomic mass is 9.97. The van der Waals surface area contributed by atoms with E-state index < -0.39 is 0 Å². The van der Waals surface area contributed by atoms with Crippen molar-refractivity contribution in [3.05, 3.63) is 69.2 Å². The van der Waals surface area contributed by atoms with Gasteiger partial charge in [-0.3, -0.25) is 0 Å². The highest BCUT2D eigenvalue weighted by Crippen LogP contribution is 2.38. The molecule has 0 aliphatic carbocycles. The molecule has 94 valence electrons. The third-order valence-corrected chi connectivity index (χ3v) is 4.71. The Balaban J connectivity index is 2.51. The lowest BCUT2D eigenvalue weighted by molar-refractivity contribution is 1.13. The molecule has 0 nitrogen and oxygen atoms in total. The zero-order chi connectivity index (χ0) is 13.3. The van der Waals surface area contributed by atoms with Gasteiger partial charge in [-0.2, -0.15) is 0 Å². The largest absolute Gasteiger partial charge is 0.0837 e. The standard InChI is InChI=1S/C16H16BrCl/c1-10-7-8-11(2)14(9-10)15(17)13-6-4-5-12(3)16(13)18/h4-9,15H,1-3H3. The number of rotatable bonds is 2. The third kappa shape index (κ3) is 2.62. The Morgan fingerprint density at radius 1 is 0.944 bits per heavy atom. The maximum Gasteiger partial charge on any atom is 0.0661 e. The first-order valence-corrected chi connectivity index (χ1v) is 7.26. The SMILES string of the molecule is Cc1ccc(C)c(C(Br)c2cccc(C)c2Cl)c1. The second kappa shape index (κ2) is 5.46. The molecule has 0 amide bonds. The first-order valence-electron chi connectivity index (χ1n) is 5.97. The summed E-state index contributed by atoms with van der Waals surface area (Å²) in [5.41, 5.74) is 6.07.